The molecule has 0 spiro atoms. The number of ether oxygens (including phenoxy) is 2. The average Bonchev–Trinajstić information content (AvgIpc) is 3.38. The molecule has 0 bridgehead atoms. The summed E-state index contributed by atoms with van der Waals surface area (Å²) in [4.78, 5) is 12.5. The van der Waals surface area contributed by atoms with Crippen molar-refractivity contribution in [1.29, 1.82) is 0 Å². The standard InChI is InChI=1S/C28H29N5O4S/c1-18-24(17-38-28-30-31-32-33(28)2)36-27(37-25(18)20-10-8-19(16-34)9-11-20)22-12-14-23(15-13-22)29-26(35)21-6-4-3-5-7-21/h3-15,18,24-25,27,34H,16-17H2,1-2H3,(H,29,35)/t18-,24+,25+,27+/m1/s1. The first kappa shape index (κ1) is 26.1. The Bertz CT molecular complexity index is 1350. The third-order valence-electron chi connectivity index (χ3n) is 6.56. The summed E-state index contributed by atoms with van der Waals surface area (Å²) in [6, 6.07) is 24.4. The molecule has 2 heterocycles. The summed E-state index contributed by atoms with van der Waals surface area (Å²) in [6.45, 7) is 2.11. The number of carbonyl (C=O) groups is 1. The van der Waals surface area contributed by atoms with Crippen LogP contribution in [0.15, 0.2) is 84.0 Å². The highest BCUT2D eigenvalue weighted by molar-refractivity contribution is 7.99. The zero-order valence-electron chi connectivity index (χ0n) is 21.1. The first-order chi connectivity index (χ1) is 18.5. The van der Waals surface area contributed by atoms with Gasteiger partial charge >= 0.3 is 0 Å². The van der Waals surface area contributed by atoms with E-state index in [1.54, 1.807) is 16.8 Å². The molecule has 0 unspecified atom stereocenters. The molecule has 38 heavy (non-hydrogen) atoms. The average molecular weight is 532 g/mol. The Morgan fingerprint density at radius 3 is 2.37 bits per heavy atom. The van der Waals surface area contributed by atoms with E-state index >= 15 is 0 Å². The quantitative estimate of drug-likeness (QED) is 0.319. The molecule has 1 fully saturated rings. The van der Waals surface area contributed by atoms with E-state index in [1.165, 1.54) is 11.8 Å². The minimum atomic E-state index is -0.601. The number of tetrazole rings is 1. The Hall–Kier alpha value is -3.57. The maximum Gasteiger partial charge on any atom is 0.255 e. The van der Waals surface area contributed by atoms with Crippen LogP contribution in [0, 0.1) is 5.92 Å². The zero-order chi connectivity index (χ0) is 26.5. The number of aryl methyl sites for hydroxylation is 1. The van der Waals surface area contributed by atoms with E-state index in [2.05, 4.69) is 27.8 Å². The molecule has 1 saturated heterocycles. The van der Waals surface area contributed by atoms with Crippen LogP contribution in [0.1, 0.15) is 46.4 Å². The van der Waals surface area contributed by atoms with Crippen molar-refractivity contribution in [3.8, 4) is 0 Å². The summed E-state index contributed by atoms with van der Waals surface area (Å²) in [5.74, 6) is 0.523. The topological polar surface area (TPSA) is 111 Å². The molecule has 0 aliphatic carbocycles. The van der Waals surface area contributed by atoms with Crippen molar-refractivity contribution in [3.63, 3.8) is 0 Å². The molecular formula is C28H29N5O4S. The molecule has 1 aliphatic heterocycles. The van der Waals surface area contributed by atoms with Gasteiger partial charge in [0.2, 0.25) is 5.16 Å². The second kappa shape index (κ2) is 11.9. The summed E-state index contributed by atoms with van der Waals surface area (Å²) in [7, 11) is 1.81. The molecule has 0 radical (unpaired) electrons. The normalized spacial score (nSPS) is 21.2. The number of amides is 1. The molecule has 1 amide bonds. The van der Waals surface area contributed by atoms with Crippen molar-refractivity contribution in [3.05, 3.63) is 101 Å². The number of anilines is 1. The molecule has 2 N–H and O–H groups in total. The van der Waals surface area contributed by atoms with E-state index in [-0.39, 0.29) is 30.6 Å². The number of aliphatic hydroxyl groups excluding tert-OH is 1. The Labute approximate surface area is 225 Å². The number of hydrogen-bond acceptors (Lipinski definition) is 8. The smallest absolute Gasteiger partial charge is 0.255 e. The fraction of sp³-hybridized carbons (Fsp3) is 0.286. The molecule has 10 heteroatoms. The third-order valence-corrected chi connectivity index (χ3v) is 7.66. The van der Waals surface area contributed by atoms with Crippen LogP contribution in [-0.4, -0.2) is 43.1 Å². The Kier molecular flexibility index (Phi) is 8.14. The molecule has 1 aliphatic rings. The lowest BCUT2D eigenvalue weighted by Gasteiger charge is -2.41. The minimum Gasteiger partial charge on any atom is -0.392 e. The van der Waals surface area contributed by atoms with Gasteiger partial charge in [0.25, 0.3) is 5.91 Å². The lowest BCUT2D eigenvalue weighted by atomic mass is 9.91. The second-order valence-electron chi connectivity index (χ2n) is 9.16. The van der Waals surface area contributed by atoms with Crippen LogP contribution in [0.2, 0.25) is 0 Å². The van der Waals surface area contributed by atoms with Gasteiger partial charge in [0.05, 0.1) is 18.8 Å². The largest absolute Gasteiger partial charge is 0.392 e. The van der Waals surface area contributed by atoms with Gasteiger partial charge < -0.3 is 19.9 Å². The molecule has 9 nitrogen and oxygen atoms in total. The molecule has 4 aromatic rings. The number of nitrogens with zero attached hydrogens (tertiary/aromatic N) is 4. The maximum absolute atomic E-state index is 12.5. The van der Waals surface area contributed by atoms with Gasteiger partial charge in [-0.3, -0.25) is 4.79 Å². The van der Waals surface area contributed by atoms with Crippen LogP contribution < -0.4 is 5.32 Å². The van der Waals surface area contributed by atoms with Gasteiger partial charge in [-0.15, -0.1) is 5.10 Å². The maximum atomic E-state index is 12.5. The highest BCUT2D eigenvalue weighted by Gasteiger charge is 2.38. The summed E-state index contributed by atoms with van der Waals surface area (Å²) >= 11 is 1.54. The fourth-order valence-corrected chi connectivity index (χ4v) is 5.34. The molecule has 5 rings (SSSR count). The van der Waals surface area contributed by atoms with Gasteiger partial charge in [0.1, 0.15) is 0 Å². The van der Waals surface area contributed by atoms with E-state index in [9.17, 15) is 9.90 Å². The van der Waals surface area contributed by atoms with E-state index in [0.717, 1.165) is 16.7 Å². The first-order valence-electron chi connectivity index (χ1n) is 12.3. The van der Waals surface area contributed by atoms with Crippen LogP contribution in [0.5, 0.6) is 0 Å². The molecule has 4 atom stereocenters. The predicted octanol–water partition coefficient (Wildman–Crippen LogP) is 4.54. The summed E-state index contributed by atoms with van der Waals surface area (Å²) in [5, 5.41) is 24.8. The van der Waals surface area contributed by atoms with Crippen molar-refractivity contribution in [2.45, 2.75) is 37.2 Å². The van der Waals surface area contributed by atoms with Gasteiger partial charge in [-0.1, -0.05) is 73.3 Å². The number of aromatic nitrogens is 4. The predicted molar refractivity (Wildman–Crippen MR) is 143 cm³/mol. The van der Waals surface area contributed by atoms with Crippen LogP contribution in [0.25, 0.3) is 0 Å². The molecule has 1 aromatic heterocycles. The van der Waals surface area contributed by atoms with E-state index in [0.29, 0.717) is 22.2 Å². The number of nitrogens with one attached hydrogen (secondary N) is 1. The molecule has 3 aromatic carbocycles. The van der Waals surface area contributed by atoms with Gasteiger partial charge in [-0.25, -0.2) is 4.68 Å². The number of aliphatic hydroxyl groups is 1. The van der Waals surface area contributed by atoms with E-state index in [4.69, 9.17) is 9.47 Å². The Balaban J connectivity index is 1.34. The zero-order valence-corrected chi connectivity index (χ0v) is 21.9. The van der Waals surface area contributed by atoms with Gasteiger partial charge in [0, 0.05) is 35.5 Å². The number of thioether (sulfide) groups is 1. The molecule has 196 valence electrons. The first-order valence-corrected chi connectivity index (χ1v) is 13.3. The van der Waals surface area contributed by atoms with Crippen LogP contribution in [0.4, 0.5) is 5.69 Å². The molecule has 0 saturated carbocycles. The number of benzene rings is 3. The summed E-state index contributed by atoms with van der Waals surface area (Å²) in [5.41, 5.74) is 4.00. The van der Waals surface area contributed by atoms with Crippen molar-refractivity contribution < 1.29 is 19.4 Å². The van der Waals surface area contributed by atoms with Crippen molar-refractivity contribution >= 4 is 23.4 Å². The minimum absolute atomic E-state index is 0.00868. The van der Waals surface area contributed by atoms with E-state index < -0.39 is 6.29 Å². The van der Waals surface area contributed by atoms with Gasteiger partial charge in [-0.2, -0.15) is 0 Å². The summed E-state index contributed by atoms with van der Waals surface area (Å²) < 4.78 is 14.6. The second-order valence-corrected chi connectivity index (χ2v) is 10.1. The highest BCUT2D eigenvalue weighted by Crippen LogP contribution is 2.43. The number of carbonyl (C=O) groups excluding carboxylic acids is 1. The lowest BCUT2D eigenvalue weighted by molar-refractivity contribution is -0.268. The van der Waals surface area contributed by atoms with Crippen LogP contribution >= 0.6 is 11.8 Å². The van der Waals surface area contributed by atoms with Gasteiger partial charge in [0.15, 0.2) is 6.29 Å². The Morgan fingerprint density at radius 1 is 1.00 bits per heavy atom. The number of hydrogen-bond donors (Lipinski definition) is 2. The van der Waals surface area contributed by atoms with Crippen molar-refractivity contribution in [2.24, 2.45) is 13.0 Å². The fourth-order valence-electron chi connectivity index (χ4n) is 4.33. The van der Waals surface area contributed by atoms with Crippen LogP contribution in [-0.2, 0) is 23.1 Å². The molecular weight excluding hydrogens is 502 g/mol. The Morgan fingerprint density at radius 2 is 1.71 bits per heavy atom. The lowest BCUT2D eigenvalue weighted by Crippen LogP contribution is -2.38. The van der Waals surface area contributed by atoms with Crippen molar-refractivity contribution in [2.75, 3.05) is 11.1 Å². The van der Waals surface area contributed by atoms with E-state index in [1.807, 2.05) is 73.8 Å². The number of rotatable bonds is 8. The summed E-state index contributed by atoms with van der Waals surface area (Å²) in [6.07, 6.45) is -0.964. The highest BCUT2D eigenvalue weighted by atomic mass is 32.2. The van der Waals surface area contributed by atoms with Gasteiger partial charge in [-0.05, 0) is 45.8 Å². The SMILES string of the molecule is C[C@@H]1[C@H](CSc2nnnn2C)O[C@H](c2ccc(NC(=O)c3ccccc3)cc2)O[C@@H]1c1ccc(CO)cc1. The van der Waals surface area contributed by atoms with Crippen molar-refractivity contribution in [1.82, 2.24) is 20.2 Å². The van der Waals surface area contributed by atoms with Crippen LogP contribution in [0.3, 0.4) is 0 Å². The third kappa shape index (κ3) is 5.94. The monoisotopic (exact) mass is 531 g/mol.